The average Bonchev–Trinajstić information content (AvgIpc) is 2.25. The van der Waals surface area contributed by atoms with Crippen molar-refractivity contribution in [2.45, 2.75) is 0 Å². The molecule has 0 bridgehead atoms. The number of nitrogens with zero attached hydrogens (tertiary/aromatic N) is 1. The fraction of sp³-hybridized carbons (Fsp3) is 0. The van der Waals surface area contributed by atoms with Crippen LogP contribution in [0.15, 0.2) is 34.9 Å². The largest absolute Gasteiger partial charge is 0.397 e. The Morgan fingerprint density at radius 3 is 2.76 bits per heavy atom. The molecular formula is C11H8BrClFN3. The van der Waals surface area contributed by atoms with E-state index < -0.39 is 5.82 Å². The second-order valence-corrected chi connectivity index (χ2v) is 4.67. The third kappa shape index (κ3) is 2.87. The van der Waals surface area contributed by atoms with Gasteiger partial charge in [-0.3, -0.25) is 0 Å². The number of aromatic nitrogens is 1. The van der Waals surface area contributed by atoms with Crippen LogP contribution in [0.2, 0.25) is 5.02 Å². The van der Waals surface area contributed by atoms with Gasteiger partial charge >= 0.3 is 0 Å². The molecule has 0 unspecified atom stereocenters. The maximum Gasteiger partial charge on any atom is 0.149 e. The zero-order valence-corrected chi connectivity index (χ0v) is 10.9. The van der Waals surface area contributed by atoms with Gasteiger partial charge in [-0.25, -0.2) is 9.37 Å². The van der Waals surface area contributed by atoms with Crippen LogP contribution in [-0.2, 0) is 0 Å². The molecule has 1 aromatic carbocycles. The highest BCUT2D eigenvalue weighted by Crippen LogP contribution is 2.27. The van der Waals surface area contributed by atoms with Crippen molar-refractivity contribution in [1.29, 1.82) is 0 Å². The predicted molar refractivity (Wildman–Crippen MR) is 71.0 cm³/mol. The van der Waals surface area contributed by atoms with Crippen LogP contribution >= 0.6 is 27.5 Å². The highest BCUT2D eigenvalue weighted by molar-refractivity contribution is 9.10. The molecule has 2 rings (SSSR count). The molecule has 0 atom stereocenters. The van der Waals surface area contributed by atoms with Crippen LogP contribution in [0.3, 0.4) is 0 Å². The summed E-state index contributed by atoms with van der Waals surface area (Å²) in [5, 5.41) is 3.14. The van der Waals surface area contributed by atoms with Crippen molar-refractivity contribution in [3.8, 4) is 0 Å². The molecule has 17 heavy (non-hydrogen) atoms. The van der Waals surface area contributed by atoms with Crippen LogP contribution in [0.4, 0.5) is 21.6 Å². The van der Waals surface area contributed by atoms with Gasteiger partial charge in [-0.2, -0.15) is 0 Å². The van der Waals surface area contributed by atoms with Crippen molar-refractivity contribution in [3.63, 3.8) is 0 Å². The Morgan fingerprint density at radius 1 is 1.35 bits per heavy atom. The zero-order chi connectivity index (χ0) is 12.4. The van der Waals surface area contributed by atoms with E-state index >= 15 is 0 Å². The third-order valence-corrected chi connectivity index (χ3v) is 2.83. The summed E-state index contributed by atoms with van der Waals surface area (Å²) in [6.45, 7) is 0. The van der Waals surface area contributed by atoms with Crippen LogP contribution in [0.1, 0.15) is 0 Å². The van der Waals surface area contributed by atoms with Gasteiger partial charge in [0.15, 0.2) is 0 Å². The molecule has 6 heteroatoms. The molecule has 0 saturated carbocycles. The first kappa shape index (κ1) is 12.1. The average molecular weight is 317 g/mol. The van der Waals surface area contributed by atoms with Gasteiger partial charge in [0.2, 0.25) is 0 Å². The monoisotopic (exact) mass is 315 g/mol. The second kappa shape index (κ2) is 4.89. The molecule has 3 N–H and O–H groups in total. The van der Waals surface area contributed by atoms with E-state index in [9.17, 15) is 4.39 Å². The topological polar surface area (TPSA) is 50.9 Å². The predicted octanol–water partition coefficient (Wildman–Crippen LogP) is 3.96. The minimum Gasteiger partial charge on any atom is -0.397 e. The maximum absolute atomic E-state index is 13.6. The summed E-state index contributed by atoms with van der Waals surface area (Å²) in [6, 6.07) is 6.21. The molecule has 2 aromatic rings. The van der Waals surface area contributed by atoms with Crippen molar-refractivity contribution in [2.75, 3.05) is 11.1 Å². The Hall–Kier alpha value is -1.33. The number of nitrogens with one attached hydrogen (secondary N) is 1. The number of anilines is 3. The second-order valence-electron chi connectivity index (χ2n) is 3.35. The Balaban J connectivity index is 2.31. The fourth-order valence-electron chi connectivity index (χ4n) is 1.26. The lowest BCUT2D eigenvalue weighted by molar-refractivity contribution is 0.631. The third-order valence-electron chi connectivity index (χ3n) is 2.05. The molecule has 0 aliphatic heterocycles. The van der Waals surface area contributed by atoms with Crippen LogP contribution in [-0.4, -0.2) is 4.98 Å². The number of benzene rings is 1. The van der Waals surface area contributed by atoms with Crippen molar-refractivity contribution in [3.05, 3.63) is 45.8 Å². The Labute approximate surface area is 111 Å². The first-order valence-corrected chi connectivity index (χ1v) is 5.86. The maximum atomic E-state index is 13.6. The van der Waals surface area contributed by atoms with E-state index in [1.807, 2.05) is 0 Å². The quantitative estimate of drug-likeness (QED) is 0.881. The molecule has 1 aromatic heterocycles. The van der Waals surface area contributed by atoms with E-state index in [1.54, 1.807) is 18.2 Å². The number of nitrogens with two attached hydrogens (primary N) is 1. The first-order chi connectivity index (χ1) is 8.06. The summed E-state index contributed by atoms with van der Waals surface area (Å²) in [5.41, 5.74) is 6.27. The molecule has 3 nitrogen and oxygen atoms in total. The SMILES string of the molecule is Nc1cnc(Nc2ccc(Br)cc2F)c(Cl)c1. The summed E-state index contributed by atoms with van der Waals surface area (Å²) >= 11 is 9.11. The standard InChI is InChI=1S/C11H8BrClFN3/c12-6-1-2-10(9(14)3-6)17-11-8(13)4-7(15)5-16-11/h1-5H,15H2,(H,16,17). The van der Waals surface area contributed by atoms with Crippen LogP contribution < -0.4 is 11.1 Å². The van der Waals surface area contributed by atoms with Crippen molar-refractivity contribution in [1.82, 2.24) is 4.98 Å². The highest BCUT2D eigenvalue weighted by atomic mass is 79.9. The highest BCUT2D eigenvalue weighted by Gasteiger charge is 2.07. The van der Waals surface area contributed by atoms with Crippen molar-refractivity contribution >= 4 is 44.7 Å². The van der Waals surface area contributed by atoms with Crippen LogP contribution in [0.5, 0.6) is 0 Å². The number of hydrogen-bond acceptors (Lipinski definition) is 3. The van der Waals surface area contributed by atoms with E-state index in [0.717, 1.165) is 0 Å². The smallest absolute Gasteiger partial charge is 0.149 e. The molecule has 0 aliphatic carbocycles. The van der Waals surface area contributed by atoms with Gasteiger partial charge in [0.25, 0.3) is 0 Å². The zero-order valence-electron chi connectivity index (χ0n) is 8.55. The van der Waals surface area contributed by atoms with Crippen LogP contribution in [0.25, 0.3) is 0 Å². The number of pyridine rings is 1. The van der Waals surface area contributed by atoms with Gasteiger partial charge in [0, 0.05) is 4.47 Å². The number of halogens is 3. The lowest BCUT2D eigenvalue weighted by Gasteiger charge is -2.08. The summed E-state index contributed by atoms with van der Waals surface area (Å²) in [7, 11) is 0. The van der Waals surface area contributed by atoms with Crippen molar-refractivity contribution < 1.29 is 4.39 Å². The molecule has 0 fully saturated rings. The normalized spacial score (nSPS) is 10.3. The molecule has 0 aliphatic rings. The van der Waals surface area contributed by atoms with Gasteiger partial charge in [-0.15, -0.1) is 0 Å². The Morgan fingerprint density at radius 2 is 2.12 bits per heavy atom. The van der Waals surface area contributed by atoms with Gasteiger partial charge in [0.1, 0.15) is 11.6 Å². The lowest BCUT2D eigenvalue weighted by atomic mass is 10.3. The van der Waals surface area contributed by atoms with Gasteiger partial charge in [-0.1, -0.05) is 27.5 Å². The number of nitrogen functional groups attached to an aromatic ring is 1. The van der Waals surface area contributed by atoms with E-state index in [4.69, 9.17) is 17.3 Å². The van der Waals surface area contributed by atoms with Gasteiger partial charge in [0.05, 0.1) is 22.6 Å². The van der Waals surface area contributed by atoms with Gasteiger partial charge in [-0.05, 0) is 24.3 Å². The lowest BCUT2D eigenvalue weighted by Crippen LogP contribution is -1.98. The van der Waals surface area contributed by atoms with E-state index in [1.165, 1.54) is 12.3 Å². The van der Waals surface area contributed by atoms with E-state index in [-0.39, 0.29) is 0 Å². The molecule has 1 heterocycles. The van der Waals surface area contributed by atoms with Crippen molar-refractivity contribution in [2.24, 2.45) is 0 Å². The summed E-state index contributed by atoms with van der Waals surface area (Å²) in [5.74, 6) is -0.0313. The van der Waals surface area contributed by atoms with E-state index in [2.05, 4.69) is 26.2 Å². The van der Waals surface area contributed by atoms with Gasteiger partial charge < -0.3 is 11.1 Å². The Bertz CT molecular complexity index is 513. The molecule has 0 amide bonds. The molecule has 0 radical (unpaired) electrons. The summed E-state index contributed by atoms with van der Waals surface area (Å²) in [6.07, 6.45) is 1.45. The summed E-state index contributed by atoms with van der Waals surface area (Å²) in [4.78, 5) is 3.99. The minimum atomic E-state index is -0.394. The molecular weight excluding hydrogens is 308 g/mol. The molecule has 0 spiro atoms. The fourth-order valence-corrected chi connectivity index (χ4v) is 1.82. The molecule has 0 saturated heterocycles. The minimum absolute atomic E-state index is 0.298. The first-order valence-electron chi connectivity index (χ1n) is 4.69. The summed E-state index contributed by atoms with van der Waals surface area (Å²) < 4.78 is 14.2. The number of rotatable bonds is 2. The molecule has 88 valence electrons. The van der Waals surface area contributed by atoms with Crippen LogP contribution in [0, 0.1) is 5.82 Å². The Kier molecular flexibility index (Phi) is 3.49. The van der Waals surface area contributed by atoms with E-state index in [0.29, 0.717) is 26.7 Å². The number of hydrogen-bond donors (Lipinski definition) is 2.